The van der Waals surface area contributed by atoms with Crippen molar-refractivity contribution in [3.8, 4) is 0 Å². The van der Waals surface area contributed by atoms with Crippen molar-refractivity contribution in [3.63, 3.8) is 0 Å². The van der Waals surface area contributed by atoms with Gasteiger partial charge in [-0.25, -0.2) is 9.59 Å². The van der Waals surface area contributed by atoms with E-state index in [4.69, 9.17) is 19.3 Å². The van der Waals surface area contributed by atoms with Gasteiger partial charge in [0.25, 0.3) is 0 Å². The van der Waals surface area contributed by atoms with Crippen molar-refractivity contribution in [1.29, 1.82) is 0 Å². The fourth-order valence-corrected chi connectivity index (χ4v) is 3.31. The average Bonchev–Trinajstić information content (AvgIpc) is 3.28. The number of nitrogens with one attached hydrogen (secondary N) is 1. The van der Waals surface area contributed by atoms with Crippen LogP contribution in [0, 0.1) is 0 Å². The van der Waals surface area contributed by atoms with Crippen molar-refractivity contribution in [2.45, 2.75) is 30.9 Å². The van der Waals surface area contributed by atoms with Crippen molar-refractivity contribution in [2.24, 2.45) is 0 Å². The first kappa shape index (κ1) is 25.4. The number of halogens is 3. The smallest absolute Gasteiger partial charge is 0.422 e. The van der Waals surface area contributed by atoms with Crippen molar-refractivity contribution < 1.29 is 51.6 Å². The van der Waals surface area contributed by atoms with Crippen LogP contribution in [0.5, 0.6) is 0 Å². The SMILES string of the molecule is O=C(C=Cc1ccc(C(=O)OC2CC(C(=O)NCCO)=CC3OCOC32)cc1)OCC(F)(F)F. The Morgan fingerprint density at radius 2 is 1.91 bits per heavy atom. The largest absolute Gasteiger partial charge is 0.456 e. The minimum absolute atomic E-state index is 0.0160. The van der Waals surface area contributed by atoms with E-state index in [1.54, 1.807) is 6.08 Å². The highest BCUT2D eigenvalue weighted by atomic mass is 19.4. The standard InChI is InChI=1S/C22H22F3NO8/c23-22(24,25)11-31-18(28)6-3-13-1-4-14(5-2-13)21(30)34-17-10-15(20(29)26-7-8-27)9-16-19(17)33-12-32-16/h1-6,9,16-17,19,27H,7-8,10-12H2,(H,26,29). The van der Waals surface area contributed by atoms with E-state index in [-0.39, 0.29) is 31.9 Å². The lowest BCUT2D eigenvalue weighted by Crippen LogP contribution is -2.43. The number of ether oxygens (including phenoxy) is 4. The molecule has 184 valence electrons. The summed E-state index contributed by atoms with van der Waals surface area (Å²) >= 11 is 0. The van der Waals surface area contributed by atoms with Crippen molar-refractivity contribution >= 4 is 23.9 Å². The Hall–Kier alpha value is -3.22. The summed E-state index contributed by atoms with van der Waals surface area (Å²) in [5.74, 6) is -2.25. The van der Waals surface area contributed by atoms with Crippen LogP contribution in [0.1, 0.15) is 22.3 Å². The zero-order chi connectivity index (χ0) is 24.7. The third kappa shape index (κ3) is 7.14. The van der Waals surface area contributed by atoms with Gasteiger partial charge in [-0.15, -0.1) is 0 Å². The van der Waals surface area contributed by atoms with Gasteiger partial charge in [0, 0.05) is 24.6 Å². The second-order valence-corrected chi connectivity index (χ2v) is 7.38. The normalized spacial score (nSPS) is 22.1. The first-order valence-electron chi connectivity index (χ1n) is 10.2. The van der Waals surface area contributed by atoms with Gasteiger partial charge in [0.05, 0.1) is 12.2 Å². The van der Waals surface area contributed by atoms with Gasteiger partial charge in [0.1, 0.15) is 25.1 Å². The third-order valence-corrected chi connectivity index (χ3v) is 4.88. The van der Waals surface area contributed by atoms with E-state index < -0.39 is 48.9 Å². The molecule has 0 aromatic heterocycles. The van der Waals surface area contributed by atoms with E-state index in [1.807, 2.05) is 0 Å². The number of carbonyl (C=O) groups excluding carboxylic acids is 3. The Morgan fingerprint density at radius 1 is 1.18 bits per heavy atom. The van der Waals surface area contributed by atoms with E-state index in [2.05, 4.69) is 10.1 Å². The topological polar surface area (TPSA) is 120 Å². The number of aliphatic hydroxyl groups is 1. The second-order valence-electron chi connectivity index (χ2n) is 7.38. The van der Waals surface area contributed by atoms with Crippen LogP contribution < -0.4 is 5.32 Å². The maximum Gasteiger partial charge on any atom is 0.422 e. The fraction of sp³-hybridized carbons (Fsp3) is 0.409. The summed E-state index contributed by atoms with van der Waals surface area (Å²) in [6.45, 7) is -1.84. The highest BCUT2D eigenvalue weighted by molar-refractivity contribution is 5.94. The van der Waals surface area contributed by atoms with Gasteiger partial charge in [0.2, 0.25) is 5.91 Å². The maximum absolute atomic E-state index is 12.6. The van der Waals surface area contributed by atoms with Crippen LogP contribution in [0.4, 0.5) is 13.2 Å². The Labute approximate surface area is 192 Å². The van der Waals surface area contributed by atoms with Crippen molar-refractivity contribution in [3.05, 3.63) is 53.1 Å². The molecule has 1 amide bonds. The molecule has 0 saturated carbocycles. The van der Waals surface area contributed by atoms with Crippen LogP contribution in [0.3, 0.4) is 0 Å². The lowest BCUT2D eigenvalue weighted by Gasteiger charge is -2.30. The molecule has 2 aliphatic rings. The molecule has 1 aliphatic carbocycles. The number of aliphatic hydroxyl groups excluding tert-OH is 1. The first-order chi connectivity index (χ1) is 16.2. The lowest BCUT2D eigenvalue weighted by molar-refractivity contribution is -0.182. The molecule has 0 bridgehead atoms. The molecule has 1 heterocycles. The van der Waals surface area contributed by atoms with Crippen LogP contribution in [0.2, 0.25) is 0 Å². The first-order valence-corrected chi connectivity index (χ1v) is 10.2. The molecule has 3 unspecified atom stereocenters. The van der Waals surface area contributed by atoms with Crippen molar-refractivity contribution in [1.82, 2.24) is 5.32 Å². The molecule has 0 radical (unpaired) electrons. The predicted molar refractivity (Wildman–Crippen MR) is 109 cm³/mol. The van der Waals surface area contributed by atoms with Gasteiger partial charge in [0.15, 0.2) is 6.61 Å². The van der Waals surface area contributed by atoms with Crippen LogP contribution in [-0.4, -0.2) is 74.0 Å². The minimum atomic E-state index is -4.61. The zero-order valence-electron chi connectivity index (χ0n) is 17.7. The number of rotatable bonds is 8. The van der Waals surface area contributed by atoms with Crippen LogP contribution >= 0.6 is 0 Å². The highest BCUT2D eigenvalue weighted by Gasteiger charge is 2.42. The molecule has 1 saturated heterocycles. The highest BCUT2D eigenvalue weighted by Crippen LogP contribution is 2.30. The number of hydrogen-bond donors (Lipinski definition) is 2. The summed E-state index contributed by atoms with van der Waals surface area (Å²) in [6, 6.07) is 5.77. The van der Waals surface area contributed by atoms with E-state index in [1.165, 1.54) is 30.3 Å². The molecule has 1 fully saturated rings. The molecular weight excluding hydrogens is 463 g/mol. The maximum atomic E-state index is 12.6. The zero-order valence-corrected chi connectivity index (χ0v) is 17.7. The van der Waals surface area contributed by atoms with Gasteiger partial charge in [-0.2, -0.15) is 13.2 Å². The Kier molecular flexibility index (Phi) is 8.42. The number of hydrogen-bond acceptors (Lipinski definition) is 8. The third-order valence-electron chi connectivity index (χ3n) is 4.88. The van der Waals surface area contributed by atoms with E-state index in [0.717, 1.165) is 6.08 Å². The number of fused-ring (bicyclic) bond motifs is 1. The Bertz CT molecular complexity index is 958. The van der Waals surface area contributed by atoms with Gasteiger partial charge in [-0.1, -0.05) is 12.1 Å². The molecular formula is C22H22F3NO8. The molecule has 9 nitrogen and oxygen atoms in total. The summed E-state index contributed by atoms with van der Waals surface area (Å²) < 4.78 is 56.7. The molecule has 0 spiro atoms. The van der Waals surface area contributed by atoms with Crippen LogP contribution in [0.15, 0.2) is 42.0 Å². The molecule has 3 rings (SSSR count). The van der Waals surface area contributed by atoms with E-state index >= 15 is 0 Å². The van der Waals surface area contributed by atoms with Gasteiger partial charge >= 0.3 is 18.1 Å². The molecule has 3 atom stereocenters. The van der Waals surface area contributed by atoms with E-state index in [9.17, 15) is 27.6 Å². The quantitative estimate of drug-likeness (QED) is 0.420. The molecule has 1 aromatic rings. The van der Waals surface area contributed by atoms with Gasteiger partial charge in [-0.05, 0) is 29.8 Å². The minimum Gasteiger partial charge on any atom is -0.456 e. The Morgan fingerprint density at radius 3 is 2.59 bits per heavy atom. The number of amides is 1. The number of carbonyl (C=O) groups is 3. The van der Waals surface area contributed by atoms with Crippen molar-refractivity contribution in [2.75, 3.05) is 26.6 Å². The molecule has 1 aromatic carbocycles. The molecule has 12 heteroatoms. The van der Waals surface area contributed by atoms with Crippen LogP contribution in [-0.2, 0) is 28.5 Å². The average molecular weight is 485 g/mol. The lowest BCUT2D eigenvalue weighted by atomic mass is 9.91. The van der Waals surface area contributed by atoms with Gasteiger partial charge < -0.3 is 29.4 Å². The Balaban J connectivity index is 1.59. The summed E-state index contributed by atoms with van der Waals surface area (Å²) in [5.41, 5.74) is 0.959. The monoisotopic (exact) mass is 485 g/mol. The summed E-state index contributed by atoms with van der Waals surface area (Å²) in [4.78, 5) is 36.2. The fourth-order valence-electron chi connectivity index (χ4n) is 3.31. The summed E-state index contributed by atoms with van der Waals surface area (Å²) in [5, 5.41) is 11.4. The number of benzene rings is 1. The van der Waals surface area contributed by atoms with Crippen LogP contribution in [0.25, 0.3) is 6.08 Å². The number of alkyl halides is 3. The summed E-state index contributed by atoms with van der Waals surface area (Å²) in [7, 11) is 0. The summed E-state index contributed by atoms with van der Waals surface area (Å²) in [6.07, 6.45) is -2.76. The molecule has 34 heavy (non-hydrogen) atoms. The molecule has 2 N–H and O–H groups in total. The van der Waals surface area contributed by atoms with E-state index in [0.29, 0.717) is 11.1 Å². The molecule has 1 aliphatic heterocycles. The second kappa shape index (κ2) is 11.3. The van der Waals surface area contributed by atoms with Gasteiger partial charge in [-0.3, -0.25) is 4.79 Å². The number of esters is 2. The predicted octanol–water partition coefficient (Wildman–Crippen LogP) is 1.51.